The zero-order chi connectivity index (χ0) is 35.3. The van der Waals surface area contributed by atoms with Gasteiger partial charge in [0.1, 0.15) is 23.8 Å². The molecule has 13 nitrogen and oxygen atoms in total. The first kappa shape index (κ1) is 36.4. The number of Topliss-reactive ketones (excluding diaryl/α,β-unsaturated/α-hetero) is 1. The number of amides is 5. The number of carbonyl (C=O) groups is 6. The van der Waals surface area contributed by atoms with Crippen molar-refractivity contribution in [1.29, 1.82) is 0 Å². The van der Waals surface area contributed by atoms with E-state index in [1.54, 1.807) is 4.90 Å². The molecule has 0 bridgehead atoms. The van der Waals surface area contributed by atoms with E-state index in [0.717, 1.165) is 64.2 Å². The Morgan fingerprint density at radius 1 is 0.898 bits per heavy atom. The van der Waals surface area contributed by atoms with Crippen molar-refractivity contribution in [2.45, 2.75) is 135 Å². The molecule has 5 rings (SSSR count). The Balaban J connectivity index is 1.36. The second-order valence-corrected chi connectivity index (χ2v) is 15.5. The number of nitrogens with one attached hydrogen (secondary N) is 4. The van der Waals surface area contributed by atoms with Gasteiger partial charge in [0.05, 0.1) is 12.2 Å². The molecule has 3 saturated carbocycles. The van der Waals surface area contributed by atoms with Crippen molar-refractivity contribution in [3.05, 3.63) is 24.3 Å². The van der Waals surface area contributed by atoms with Crippen LogP contribution < -0.4 is 21.3 Å². The monoisotopic (exact) mass is 679 g/mol. The fourth-order valence-corrected chi connectivity index (χ4v) is 7.87. The van der Waals surface area contributed by atoms with Crippen LogP contribution in [0.4, 0.5) is 0 Å². The summed E-state index contributed by atoms with van der Waals surface area (Å²) in [6, 6.07) is -3.68. The fraction of sp³-hybridized carbons (Fsp3) is 0.722. The van der Waals surface area contributed by atoms with Gasteiger partial charge in [-0.15, -0.1) is 0 Å². The molecule has 1 saturated heterocycles. The molecule has 4 N–H and O–H groups in total. The van der Waals surface area contributed by atoms with E-state index in [1.807, 2.05) is 27.7 Å². The molecule has 2 heterocycles. The molecule has 1 aromatic heterocycles. The highest BCUT2D eigenvalue weighted by Gasteiger charge is 2.52. The maximum absolute atomic E-state index is 14.6. The number of rotatable bonds is 13. The van der Waals surface area contributed by atoms with Gasteiger partial charge in [-0.2, -0.15) is 0 Å². The predicted octanol–water partition coefficient (Wildman–Crippen LogP) is 2.45. The molecule has 1 aliphatic heterocycles. The van der Waals surface area contributed by atoms with Crippen molar-refractivity contribution in [3.63, 3.8) is 0 Å². The number of likely N-dealkylation sites (tertiary alicyclic amines) is 1. The quantitative estimate of drug-likeness (QED) is 0.230. The lowest BCUT2D eigenvalue weighted by Gasteiger charge is -2.38. The normalized spacial score (nSPS) is 24.2. The van der Waals surface area contributed by atoms with Crippen molar-refractivity contribution in [1.82, 2.24) is 36.1 Å². The summed E-state index contributed by atoms with van der Waals surface area (Å²) in [6.45, 7) is 7.85. The maximum atomic E-state index is 14.6. The van der Waals surface area contributed by atoms with E-state index in [1.165, 1.54) is 18.6 Å². The third-order valence-electron chi connectivity index (χ3n) is 10.7. The van der Waals surface area contributed by atoms with E-state index in [2.05, 4.69) is 31.2 Å². The summed E-state index contributed by atoms with van der Waals surface area (Å²) >= 11 is 0. The van der Waals surface area contributed by atoms with Gasteiger partial charge in [-0.3, -0.25) is 33.8 Å². The summed E-state index contributed by atoms with van der Waals surface area (Å²) in [6.07, 6.45) is 13.9. The molecule has 5 amide bonds. The van der Waals surface area contributed by atoms with Gasteiger partial charge in [0.2, 0.25) is 23.5 Å². The van der Waals surface area contributed by atoms with Crippen LogP contribution in [0.15, 0.2) is 18.6 Å². The second kappa shape index (κ2) is 15.8. The minimum atomic E-state index is -0.994. The molecule has 1 aromatic rings. The average molecular weight is 680 g/mol. The molecular formula is C36H53N7O6. The Morgan fingerprint density at radius 3 is 2.27 bits per heavy atom. The van der Waals surface area contributed by atoms with E-state index in [0.29, 0.717) is 19.4 Å². The van der Waals surface area contributed by atoms with Gasteiger partial charge >= 0.3 is 0 Å². The number of hydrogen-bond donors (Lipinski definition) is 4. The smallest absolute Gasteiger partial charge is 0.289 e. The van der Waals surface area contributed by atoms with Gasteiger partial charge in [-0.05, 0) is 68.1 Å². The maximum Gasteiger partial charge on any atom is 0.289 e. The van der Waals surface area contributed by atoms with Crippen molar-refractivity contribution >= 4 is 35.3 Å². The number of ketones is 1. The van der Waals surface area contributed by atoms with E-state index in [4.69, 9.17) is 0 Å². The van der Waals surface area contributed by atoms with Gasteiger partial charge < -0.3 is 26.2 Å². The van der Waals surface area contributed by atoms with E-state index >= 15 is 0 Å². The van der Waals surface area contributed by atoms with E-state index < -0.39 is 59.0 Å². The lowest BCUT2D eigenvalue weighted by molar-refractivity contribution is -0.146. The highest BCUT2D eigenvalue weighted by Crippen LogP contribution is 2.43. The molecule has 13 heteroatoms. The summed E-state index contributed by atoms with van der Waals surface area (Å²) in [4.78, 5) is 91.4. The minimum absolute atomic E-state index is 0.0132. The van der Waals surface area contributed by atoms with Crippen LogP contribution in [0.5, 0.6) is 0 Å². The number of carbonyl (C=O) groups excluding carboxylic acids is 6. The van der Waals surface area contributed by atoms with Gasteiger partial charge in [0.25, 0.3) is 11.8 Å². The highest BCUT2D eigenvalue weighted by molar-refractivity contribution is 6.38. The van der Waals surface area contributed by atoms with Crippen LogP contribution in [0, 0.1) is 23.2 Å². The summed E-state index contributed by atoms with van der Waals surface area (Å²) in [5, 5.41) is 11.5. The Morgan fingerprint density at radius 2 is 1.63 bits per heavy atom. The Bertz CT molecular complexity index is 1390. The summed E-state index contributed by atoms with van der Waals surface area (Å²) in [5.41, 5.74) is -0.638. The van der Waals surface area contributed by atoms with E-state index in [-0.39, 0.29) is 35.4 Å². The Labute approximate surface area is 288 Å². The third-order valence-corrected chi connectivity index (χ3v) is 10.7. The van der Waals surface area contributed by atoms with Crippen LogP contribution in [0.3, 0.4) is 0 Å². The largest absolute Gasteiger partial charge is 0.347 e. The van der Waals surface area contributed by atoms with Gasteiger partial charge in [0.15, 0.2) is 0 Å². The van der Waals surface area contributed by atoms with Crippen molar-refractivity contribution < 1.29 is 28.8 Å². The topological polar surface area (TPSA) is 180 Å². The third kappa shape index (κ3) is 8.83. The molecule has 4 aliphatic rings. The van der Waals surface area contributed by atoms with Crippen molar-refractivity contribution in [2.24, 2.45) is 23.2 Å². The highest BCUT2D eigenvalue weighted by atomic mass is 16.2. The zero-order valence-corrected chi connectivity index (χ0v) is 29.3. The number of aromatic nitrogens is 2. The lowest BCUT2D eigenvalue weighted by atomic mass is 9.82. The molecule has 6 atom stereocenters. The first-order valence-corrected chi connectivity index (χ1v) is 18.2. The molecule has 0 radical (unpaired) electrons. The van der Waals surface area contributed by atoms with Crippen LogP contribution in [-0.2, 0) is 24.0 Å². The van der Waals surface area contributed by atoms with Crippen LogP contribution in [0.1, 0.15) is 115 Å². The standard InChI is InChI=1S/C36H53N7O6/c1-5-10-25(29(44)34(48)39-23-15-16-23)40-33(47)28-24-14-9-13-22(24)20-43(28)35(49)30(36(2,3)4)42-32(46)27(21-11-7-6-8-12-21)41-31(45)26-19-37-17-18-38-26/h17-19,21-25,27-28,30H,5-16,20H2,1-4H3,(H,39,48)(H,40,47)(H,41,45)(H,42,46)/t22-,24-,25-,27-,28+,30-/m0/s1. The number of nitrogens with zero attached hydrogens (tertiary/aromatic N) is 3. The van der Waals surface area contributed by atoms with Crippen LogP contribution in [0.25, 0.3) is 0 Å². The molecule has 0 unspecified atom stereocenters. The summed E-state index contributed by atoms with van der Waals surface area (Å²) in [5.74, 6) is -3.20. The predicted molar refractivity (Wildman–Crippen MR) is 181 cm³/mol. The SMILES string of the molecule is CCC[C@H](NC(=O)[C@H]1[C@H]2CCC[C@H]2CN1C(=O)[C@H](NC(=O)[C@@H](NC(=O)c1cnccn1)C1CCCCC1)C(C)(C)C)C(=O)C(=O)NC1CC1. The average Bonchev–Trinajstić information content (AvgIpc) is 3.65. The molecule has 0 spiro atoms. The first-order valence-electron chi connectivity index (χ1n) is 18.2. The molecule has 268 valence electrons. The van der Waals surface area contributed by atoms with Crippen molar-refractivity contribution in [2.75, 3.05) is 6.54 Å². The Hall–Kier alpha value is -3.90. The lowest BCUT2D eigenvalue weighted by Crippen LogP contribution is -2.62. The summed E-state index contributed by atoms with van der Waals surface area (Å²) in [7, 11) is 0. The first-order chi connectivity index (χ1) is 23.4. The minimum Gasteiger partial charge on any atom is -0.347 e. The second-order valence-electron chi connectivity index (χ2n) is 15.5. The molecule has 0 aromatic carbocycles. The van der Waals surface area contributed by atoms with Crippen LogP contribution in [-0.4, -0.2) is 86.9 Å². The van der Waals surface area contributed by atoms with Crippen LogP contribution >= 0.6 is 0 Å². The molecule has 49 heavy (non-hydrogen) atoms. The fourth-order valence-electron chi connectivity index (χ4n) is 7.87. The van der Waals surface area contributed by atoms with Crippen LogP contribution in [0.2, 0.25) is 0 Å². The number of fused-ring (bicyclic) bond motifs is 1. The summed E-state index contributed by atoms with van der Waals surface area (Å²) < 4.78 is 0. The van der Waals surface area contributed by atoms with Crippen molar-refractivity contribution in [3.8, 4) is 0 Å². The molecular weight excluding hydrogens is 626 g/mol. The van der Waals surface area contributed by atoms with Gasteiger partial charge in [0, 0.05) is 25.0 Å². The Kier molecular flexibility index (Phi) is 11.7. The van der Waals surface area contributed by atoms with Gasteiger partial charge in [-0.1, -0.05) is 59.8 Å². The van der Waals surface area contributed by atoms with E-state index in [9.17, 15) is 28.8 Å². The molecule has 4 fully saturated rings. The molecule has 3 aliphatic carbocycles. The van der Waals surface area contributed by atoms with Gasteiger partial charge in [-0.25, -0.2) is 4.98 Å². The zero-order valence-electron chi connectivity index (χ0n) is 29.3. The number of hydrogen-bond acceptors (Lipinski definition) is 8.